The van der Waals surface area contributed by atoms with Crippen molar-refractivity contribution in [3.8, 4) is 5.75 Å². The molecule has 2 N–H and O–H groups in total. The molecule has 6 nitrogen and oxygen atoms in total. The Hall–Kier alpha value is -0.845. The zero-order valence-electron chi connectivity index (χ0n) is 8.86. The van der Waals surface area contributed by atoms with Gasteiger partial charge in [-0.05, 0) is 24.3 Å². The minimum atomic E-state index is -3.27. The normalized spacial score (nSPS) is 11.2. The summed E-state index contributed by atoms with van der Waals surface area (Å²) in [7, 11) is -2.59. The molecule has 0 aromatic heterocycles. The maximum absolute atomic E-state index is 11.9. The zero-order chi connectivity index (χ0) is 12.2. The van der Waals surface area contributed by atoms with Crippen LogP contribution in [-0.2, 0) is 13.6 Å². The second kappa shape index (κ2) is 5.47. The molecule has 0 atom stereocenters. The fraction of sp³-hybridized carbons (Fsp3) is 0.250. The van der Waals surface area contributed by atoms with Crippen LogP contribution in [-0.4, -0.2) is 31.6 Å². The van der Waals surface area contributed by atoms with Crippen LogP contribution in [0.5, 0.6) is 5.75 Å². The molecule has 0 saturated heterocycles. The fourth-order valence-corrected chi connectivity index (χ4v) is 2.20. The number of hydrogen-bond acceptors (Lipinski definition) is 6. The van der Waals surface area contributed by atoms with Crippen LogP contribution in [0, 0.1) is 0 Å². The standard InChI is InChI=1S/C8H12BO6P/c1-13-16(12,14-2)8-5-3-7(4-6-8)15-9(10)11/h3-6,10-11H,1-2H3. The predicted octanol–water partition coefficient (Wildman–Crippen LogP) is 0.146. The van der Waals surface area contributed by atoms with E-state index in [-0.39, 0.29) is 5.75 Å². The first-order valence-electron chi connectivity index (χ1n) is 4.37. The predicted molar refractivity (Wildman–Crippen MR) is 58.5 cm³/mol. The lowest BCUT2D eigenvalue weighted by Crippen LogP contribution is -2.20. The van der Waals surface area contributed by atoms with Crippen LogP contribution in [0.4, 0.5) is 0 Å². The summed E-state index contributed by atoms with van der Waals surface area (Å²) in [5.41, 5.74) is 0. The summed E-state index contributed by atoms with van der Waals surface area (Å²) < 4.78 is 26.1. The maximum atomic E-state index is 11.9. The summed E-state index contributed by atoms with van der Waals surface area (Å²) in [5, 5.41) is 17.5. The molecule has 16 heavy (non-hydrogen) atoms. The smallest absolute Gasteiger partial charge is 0.512 e. The van der Waals surface area contributed by atoms with Gasteiger partial charge in [0.05, 0.1) is 5.30 Å². The Kier molecular flexibility index (Phi) is 4.52. The third-order valence-electron chi connectivity index (χ3n) is 1.88. The molecular formula is C8H12BO6P. The summed E-state index contributed by atoms with van der Waals surface area (Å²) >= 11 is 0. The highest BCUT2D eigenvalue weighted by Crippen LogP contribution is 2.45. The first-order valence-corrected chi connectivity index (χ1v) is 5.91. The van der Waals surface area contributed by atoms with Crippen molar-refractivity contribution in [2.24, 2.45) is 0 Å². The molecule has 0 aliphatic heterocycles. The Morgan fingerprint density at radius 1 is 1.12 bits per heavy atom. The van der Waals surface area contributed by atoms with Gasteiger partial charge in [0.2, 0.25) is 0 Å². The molecule has 0 radical (unpaired) electrons. The van der Waals surface area contributed by atoms with Crippen molar-refractivity contribution in [1.82, 2.24) is 0 Å². The number of rotatable bonds is 5. The van der Waals surface area contributed by atoms with Crippen molar-refractivity contribution in [2.45, 2.75) is 0 Å². The van der Waals surface area contributed by atoms with Gasteiger partial charge in [-0.15, -0.1) is 0 Å². The molecule has 8 heteroatoms. The molecule has 88 valence electrons. The van der Waals surface area contributed by atoms with Gasteiger partial charge >= 0.3 is 14.9 Å². The van der Waals surface area contributed by atoms with Crippen LogP contribution in [0.15, 0.2) is 24.3 Å². The van der Waals surface area contributed by atoms with Gasteiger partial charge < -0.3 is 23.7 Å². The third kappa shape index (κ3) is 3.07. The summed E-state index contributed by atoms with van der Waals surface area (Å²) in [6.07, 6.45) is 0. The van der Waals surface area contributed by atoms with Gasteiger partial charge in [0.25, 0.3) is 0 Å². The minimum Gasteiger partial charge on any atom is -0.512 e. The van der Waals surface area contributed by atoms with Crippen molar-refractivity contribution >= 4 is 20.2 Å². The lowest BCUT2D eigenvalue weighted by Gasteiger charge is -2.14. The monoisotopic (exact) mass is 246 g/mol. The number of benzene rings is 1. The molecule has 0 aliphatic carbocycles. The molecule has 1 rings (SSSR count). The molecule has 1 aromatic carbocycles. The van der Waals surface area contributed by atoms with E-state index in [0.29, 0.717) is 5.30 Å². The Morgan fingerprint density at radius 2 is 1.62 bits per heavy atom. The number of hydrogen-bond donors (Lipinski definition) is 2. The van der Waals surface area contributed by atoms with Gasteiger partial charge in [0.15, 0.2) is 0 Å². The van der Waals surface area contributed by atoms with Crippen LogP contribution >= 0.6 is 7.60 Å². The van der Waals surface area contributed by atoms with Crippen LogP contribution < -0.4 is 9.96 Å². The van der Waals surface area contributed by atoms with E-state index < -0.39 is 14.9 Å². The second-order valence-corrected chi connectivity index (χ2v) is 5.04. The second-order valence-electron chi connectivity index (χ2n) is 2.80. The minimum absolute atomic E-state index is 0.234. The van der Waals surface area contributed by atoms with Crippen molar-refractivity contribution in [3.63, 3.8) is 0 Å². The lowest BCUT2D eigenvalue weighted by atomic mass is 10.2. The largest absolute Gasteiger partial charge is 0.707 e. The topological polar surface area (TPSA) is 85.2 Å². The van der Waals surface area contributed by atoms with Gasteiger partial charge in [-0.3, -0.25) is 4.57 Å². The van der Waals surface area contributed by atoms with E-state index in [1.165, 1.54) is 38.5 Å². The first-order chi connectivity index (χ1) is 7.51. The van der Waals surface area contributed by atoms with Crippen molar-refractivity contribution in [3.05, 3.63) is 24.3 Å². The lowest BCUT2D eigenvalue weighted by molar-refractivity contribution is 0.287. The molecule has 0 unspecified atom stereocenters. The molecule has 0 heterocycles. The van der Waals surface area contributed by atoms with Gasteiger partial charge in [-0.25, -0.2) is 0 Å². The highest BCUT2D eigenvalue weighted by atomic mass is 31.2. The summed E-state index contributed by atoms with van der Waals surface area (Å²) in [4.78, 5) is 0. The molecular weight excluding hydrogens is 234 g/mol. The Balaban J connectivity index is 2.90. The summed E-state index contributed by atoms with van der Waals surface area (Å²) in [6.45, 7) is 0. The molecule has 0 spiro atoms. The highest BCUT2D eigenvalue weighted by Gasteiger charge is 2.24. The van der Waals surface area contributed by atoms with E-state index in [4.69, 9.17) is 19.1 Å². The highest BCUT2D eigenvalue weighted by molar-refractivity contribution is 7.62. The van der Waals surface area contributed by atoms with E-state index in [0.717, 1.165) is 0 Å². The van der Waals surface area contributed by atoms with E-state index in [9.17, 15) is 4.57 Å². The summed E-state index contributed by atoms with van der Waals surface area (Å²) in [5.74, 6) is 0.234. The quantitative estimate of drug-likeness (QED) is 0.568. The van der Waals surface area contributed by atoms with Crippen LogP contribution in [0.25, 0.3) is 0 Å². The van der Waals surface area contributed by atoms with E-state index in [1.54, 1.807) is 0 Å². The van der Waals surface area contributed by atoms with E-state index >= 15 is 0 Å². The van der Waals surface area contributed by atoms with Crippen LogP contribution in [0.1, 0.15) is 0 Å². The third-order valence-corrected chi connectivity index (χ3v) is 3.77. The molecule has 0 amide bonds. The summed E-state index contributed by atoms with van der Waals surface area (Å²) in [6, 6.07) is 5.79. The molecule has 0 aliphatic rings. The van der Waals surface area contributed by atoms with E-state index in [1.807, 2.05) is 0 Å². The van der Waals surface area contributed by atoms with Crippen LogP contribution in [0.2, 0.25) is 0 Å². The Bertz CT molecular complexity index is 371. The van der Waals surface area contributed by atoms with Crippen molar-refractivity contribution in [2.75, 3.05) is 14.2 Å². The first kappa shape index (κ1) is 13.2. The Labute approximate surface area is 93.5 Å². The van der Waals surface area contributed by atoms with E-state index in [2.05, 4.69) is 4.65 Å². The average molecular weight is 246 g/mol. The maximum Gasteiger partial charge on any atom is 0.707 e. The molecule has 0 fully saturated rings. The molecule has 1 aromatic rings. The molecule has 0 bridgehead atoms. The van der Waals surface area contributed by atoms with Crippen LogP contribution in [0.3, 0.4) is 0 Å². The fourth-order valence-electron chi connectivity index (χ4n) is 1.11. The van der Waals surface area contributed by atoms with Gasteiger partial charge in [0.1, 0.15) is 5.75 Å². The zero-order valence-corrected chi connectivity index (χ0v) is 9.76. The van der Waals surface area contributed by atoms with Gasteiger partial charge in [0, 0.05) is 14.2 Å². The Morgan fingerprint density at radius 3 is 2.00 bits per heavy atom. The van der Waals surface area contributed by atoms with Gasteiger partial charge in [-0.2, -0.15) is 0 Å². The molecule has 0 saturated carbocycles. The SMILES string of the molecule is COP(=O)(OC)c1ccc(OB(O)O)cc1. The van der Waals surface area contributed by atoms with Crippen molar-refractivity contribution in [1.29, 1.82) is 0 Å². The van der Waals surface area contributed by atoms with Crippen molar-refractivity contribution < 1.29 is 28.3 Å². The average Bonchev–Trinajstić information content (AvgIpc) is 2.28. The van der Waals surface area contributed by atoms with Gasteiger partial charge in [-0.1, -0.05) is 0 Å².